The van der Waals surface area contributed by atoms with Crippen molar-refractivity contribution in [2.24, 2.45) is 0 Å². The fraction of sp³-hybridized carbons (Fsp3) is 0.333. The van der Waals surface area contributed by atoms with E-state index in [1.807, 2.05) is 6.07 Å². The molecule has 4 aromatic rings. The van der Waals surface area contributed by atoms with Crippen molar-refractivity contribution in [2.45, 2.75) is 42.0 Å². The maximum absolute atomic E-state index is 13.4. The lowest BCUT2D eigenvalue weighted by molar-refractivity contribution is -0.143. The van der Waals surface area contributed by atoms with E-state index in [2.05, 4.69) is 15.0 Å². The summed E-state index contributed by atoms with van der Waals surface area (Å²) in [6, 6.07) is 13.9. The molecule has 11 nitrogen and oxygen atoms in total. The number of likely N-dealkylation sites (tertiary alicyclic amines) is 2. The molecule has 236 valence electrons. The summed E-state index contributed by atoms with van der Waals surface area (Å²) in [7, 11) is -3.97. The van der Waals surface area contributed by atoms with Crippen LogP contribution in [-0.2, 0) is 19.6 Å². The maximum Gasteiger partial charge on any atom is 0.252 e. The monoisotopic (exact) mass is 687 g/mol. The second kappa shape index (κ2) is 13.0. The third kappa shape index (κ3) is 6.84. The molecule has 0 radical (unpaired) electrons. The van der Waals surface area contributed by atoms with E-state index in [0.29, 0.717) is 47.6 Å². The minimum Gasteiger partial charge on any atom is -0.493 e. The van der Waals surface area contributed by atoms with Crippen molar-refractivity contribution in [1.29, 1.82) is 0 Å². The SMILES string of the molecule is O=C(NC[C@@H]1CCCN1C(=O)CN1CCCC(NS(=O)(=O)c2ccc(-c3ccc(Cl)s3)s2)C1=O)c1cc(O)nc2ccccc12. The first-order valence-electron chi connectivity index (χ1n) is 14.4. The predicted molar refractivity (Wildman–Crippen MR) is 173 cm³/mol. The number of benzene rings is 1. The van der Waals surface area contributed by atoms with Crippen LogP contribution < -0.4 is 10.0 Å². The number of halogens is 1. The Morgan fingerprint density at radius 1 is 1.02 bits per heavy atom. The lowest BCUT2D eigenvalue weighted by Crippen LogP contribution is -2.55. The van der Waals surface area contributed by atoms with Crippen molar-refractivity contribution in [2.75, 3.05) is 26.2 Å². The van der Waals surface area contributed by atoms with Crippen LogP contribution >= 0.6 is 34.3 Å². The Labute approximate surface area is 272 Å². The van der Waals surface area contributed by atoms with Gasteiger partial charge in [-0.1, -0.05) is 29.8 Å². The Morgan fingerprint density at radius 3 is 2.58 bits per heavy atom. The number of amides is 3. The van der Waals surface area contributed by atoms with Gasteiger partial charge >= 0.3 is 0 Å². The van der Waals surface area contributed by atoms with E-state index < -0.39 is 22.0 Å². The van der Waals surface area contributed by atoms with Crippen molar-refractivity contribution in [1.82, 2.24) is 24.8 Å². The van der Waals surface area contributed by atoms with E-state index in [9.17, 15) is 27.9 Å². The summed E-state index contributed by atoms with van der Waals surface area (Å²) in [5.41, 5.74) is 0.784. The number of nitrogens with zero attached hydrogens (tertiary/aromatic N) is 3. The highest BCUT2D eigenvalue weighted by Crippen LogP contribution is 2.37. The summed E-state index contributed by atoms with van der Waals surface area (Å²) < 4.78 is 29.6. The molecule has 15 heteroatoms. The first kappa shape index (κ1) is 31.4. The van der Waals surface area contributed by atoms with Crippen molar-refractivity contribution in [3.63, 3.8) is 0 Å². The largest absolute Gasteiger partial charge is 0.493 e. The smallest absolute Gasteiger partial charge is 0.252 e. The standard InChI is InChI=1S/C30H30ClN5O6S3/c31-25-11-9-23(43-25)24-10-12-28(44-24)45(41,42)34-22-8-4-13-35(30(22)40)17-27(38)36-14-3-5-18(36)16-32-29(39)20-15-26(37)33-21-7-2-1-6-19(20)21/h1-2,6-7,9-12,15,18,22,34H,3-5,8,13-14,16-17H2,(H,32,39)(H,33,37)/t18-,22?/m0/s1. The number of rotatable bonds is 9. The van der Waals surface area contributed by atoms with E-state index in [1.165, 1.54) is 28.4 Å². The molecule has 3 aromatic heterocycles. The normalized spacial score (nSPS) is 18.9. The number of aromatic nitrogens is 1. The molecule has 5 heterocycles. The number of pyridine rings is 1. The Morgan fingerprint density at radius 2 is 1.78 bits per heavy atom. The molecule has 1 aromatic carbocycles. The first-order valence-corrected chi connectivity index (χ1v) is 17.9. The Kier molecular flexibility index (Phi) is 9.11. The topological polar surface area (TPSA) is 149 Å². The lowest BCUT2D eigenvalue weighted by atomic mass is 10.1. The van der Waals surface area contributed by atoms with Gasteiger partial charge in [0.15, 0.2) is 0 Å². The molecule has 0 spiro atoms. The number of para-hydroxylation sites is 1. The Hall–Kier alpha value is -3.56. The molecular formula is C30H30ClN5O6S3. The summed E-state index contributed by atoms with van der Waals surface area (Å²) in [4.78, 5) is 48.5. The van der Waals surface area contributed by atoms with Gasteiger partial charge in [0.1, 0.15) is 10.3 Å². The van der Waals surface area contributed by atoms with Crippen molar-refractivity contribution in [3.05, 3.63) is 64.5 Å². The fourth-order valence-corrected chi connectivity index (χ4v) is 9.46. The second-order valence-corrected chi connectivity index (χ2v) is 15.7. The van der Waals surface area contributed by atoms with E-state index in [1.54, 1.807) is 41.3 Å². The average Bonchev–Trinajstić information content (AvgIpc) is 3.79. The predicted octanol–water partition coefficient (Wildman–Crippen LogP) is 4.07. The van der Waals surface area contributed by atoms with Gasteiger partial charge in [-0.15, -0.1) is 22.7 Å². The number of carbonyl (C=O) groups is 3. The average molecular weight is 688 g/mol. The molecule has 45 heavy (non-hydrogen) atoms. The highest BCUT2D eigenvalue weighted by Gasteiger charge is 2.36. The molecule has 3 N–H and O–H groups in total. The number of carbonyl (C=O) groups excluding carboxylic acids is 3. The second-order valence-electron chi connectivity index (χ2n) is 10.9. The van der Waals surface area contributed by atoms with Gasteiger partial charge in [-0.3, -0.25) is 14.4 Å². The molecule has 2 saturated heterocycles. The van der Waals surface area contributed by atoms with Crippen molar-refractivity contribution < 1.29 is 27.9 Å². The molecule has 2 fully saturated rings. The minimum absolute atomic E-state index is 0.0972. The van der Waals surface area contributed by atoms with Crippen LogP contribution in [0.25, 0.3) is 20.7 Å². The van der Waals surface area contributed by atoms with Crippen LogP contribution in [0.15, 0.2) is 58.8 Å². The Balaban J connectivity index is 1.06. The van der Waals surface area contributed by atoms with Crippen molar-refractivity contribution in [3.8, 4) is 15.6 Å². The molecule has 0 saturated carbocycles. The molecule has 2 aliphatic heterocycles. The van der Waals surface area contributed by atoms with Gasteiger partial charge in [0.25, 0.3) is 15.9 Å². The molecule has 1 unspecified atom stereocenters. The number of piperidine rings is 1. The first-order chi connectivity index (χ1) is 21.6. The molecular weight excluding hydrogens is 658 g/mol. The number of aromatic hydroxyl groups is 1. The summed E-state index contributed by atoms with van der Waals surface area (Å²) in [6.45, 7) is 0.872. The zero-order valence-corrected chi connectivity index (χ0v) is 27.1. The molecule has 2 atom stereocenters. The number of hydrogen-bond acceptors (Lipinski definition) is 9. The fourth-order valence-electron chi connectivity index (χ4n) is 5.78. The van der Waals surface area contributed by atoms with Crippen LogP contribution in [0.3, 0.4) is 0 Å². The highest BCUT2D eigenvalue weighted by atomic mass is 35.5. The molecule has 3 amide bonds. The number of hydrogen-bond donors (Lipinski definition) is 3. The number of thiophene rings is 2. The number of nitrogens with one attached hydrogen (secondary N) is 2. The van der Waals surface area contributed by atoms with Crippen LogP contribution in [0, 0.1) is 0 Å². The molecule has 0 aliphatic carbocycles. The Bertz CT molecular complexity index is 1880. The third-order valence-electron chi connectivity index (χ3n) is 7.96. The number of sulfonamides is 1. The summed E-state index contributed by atoms with van der Waals surface area (Å²) in [5.74, 6) is -1.34. The van der Waals surface area contributed by atoms with Crippen LogP contribution in [0.5, 0.6) is 5.88 Å². The molecule has 6 rings (SSSR count). The van der Waals surface area contributed by atoms with Gasteiger partial charge in [-0.2, -0.15) is 4.72 Å². The highest BCUT2D eigenvalue weighted by molar-refractivity contribution is 7.91. The van der Waals surface area contributed by atoms with Crippen LogP contribution in [0.2, 0.25) is 4.34 Å². The van der Waals surface area contributed by atoms with Crippen LogP contribution in [-0.4, -0.2) is 84.3 Å². The third-order valence-corrected chi connectivity index (χ3v) is 12.4. The lowest BCUT2D eigenvalue weighted by Gasteiger charge is -2.34. The van der Waals surface area contributed by atoms with Gasteiger partial charge in [0.05, 0.1) is 22.0 Å². The summed E-state index contributed by atoms with van der Waals surface area (Å²) in [6.07, 6.45) is 2.31. The number of fused-ring (bicyclic) bond motifs is 1. The quantitative estimate of drug-likeness (QED) is 0.240. The molecule has 0 bridgehead atoms. The van der Waals surface area contributed by atoms with Gasteiger partial charge in [0.2, 0.25) is 17.7 Å². The van der Waals surface area contributed by atoms with Crippen LogP contribution in [0.4, 0.5) is 0 Å². The summed E-state index contributed by atoms with van der Waals surface area (Å²) >= 11 is 8.48. The van der Waals surface area contributed by atoms with Gasteiger partial charge < -0.3 is 20.2 Å². The molecule has 2 aliphatic rings. The van der Waals surface area contributed by atoms with E-state index >= 15 is 0 Å². The van der Waals surface area contributed by atoms with Crippen molar-refractivity contribution >= 4 is 72.9 Å². The zero-order valence-electron chi connectivity index (χ0n) is 23.9. The van der Waals surface area contributed by atoms with E-state index in [0.717, 1.165) is 27.5 Å². The summed E-state index contributed by atoms with van der Waals surface area (Å²) in [5, 5.41) is 13.5. The zero-order chi connectivity index (χ0) is 31.7. The van der Waals surface area contributed by atoms with Gasteiger partial charge in [-0.25, -0.2) is 13.4 Å². The minimum atomic E-state index is -3.97. The van der Waals surface area contributed by atoms with Crippen LogP contribution in [0.1, 0.15) is 36.0 Å². The van der Waals surface area contributed by atoms with E-state index in [-0.39, 0.29) is 46.6 Å². The maximum atomic E-state index is 13.4. The van der Waals surface area contributed by atoms with E-state index in [4.69, 9.17) is 11.6 Å². The van der Waals surface area contributed by atoms with Gasteiger partial charge in [0, 0.05) is 46.9 Å². The van der Waals surface area contributed by atoms with Gasteiger partial charge in [-0.05, 0) is 56.0 Å².